The van der Waals surface area contributed by atoms with Crippen LogP contribution in [0.15, 0.2) is 23.2 Å². The summed E-state index contributed by atoms with van der Waals surface area (Å²) in [4.78, 5) is 3.90. The molecule has 0 aliphatic heterocycles. The van der Waals surface area contributed by atoms with Crippen molar-refractivity contribution in [3.63, 3.8) is 0 Å². The van der Waals surface area contributed by atoms with Crippen LogP contribution < -0.4 is 16.2 Å². The molecule has 6 heteroatoms. The highest BCUT2D eigenvalue weighted by Crippen LogP contribution is 2.25. The molecule has 1 unspecified atom stereocenters. The molecule has 1 aromatic carbocycles. The van der Waals surface area contributed by atoms with E-state index in [1.807, 2.05) is 12.1 Å². The molecule has 1 rings (SSSR count). The van der Waals surface area contributed by atoms with Gasteiger partial charge in [-0.25, -0.2) is 4.99 Å². The molecule has 0 spiro atoms. The van der Waals surface area contributed by atoms with E-state index in [1.165, 1.54) is 0 Å². The Morgan fingerprint density at radius 2 is 2.19 bits per heavy atom. The van der Waals surface area contributed by atoms with Gasteiger partial charge in [-0.1, -0.05) is 17.7 Å². The van der Waals surface area contributed by atoms with Crippen LogP contribution in [0, 0.1) is 0 Å². The van der Waals surface area contributed by atoms with E-state index < -0.39 is 0 Å². The quantitative estimate of drug-likeness (QED) is 0.476. The lowest BCUT2D eigenvalue weighted by atomic mass is 10.2. The second-order valence-electron chi connectivity index (χ2n) is 3.14. The van der Waals surface area contributed by atoms with Crippen molar-refractivity contribution in [1.29, 1.82) is 0 Å². The van der Waals surface area contributed by atoms with Crippen molar-refractivity contribution in [3.8, 4) is 5.75 Å². The van der Waals surface area contributed by atoms with Crippen molar-refractivity contribution in [1.82, 2.24) is 0 Å². The lowest BCUT2D eigenvalue weighted by Gasteiger charge is -2.07. The fraction of sp³-hybridized carbons (Fsp3) is 0.300. The molecule has 4 nitrogen and oxygen atoms in total. The lowest BCUT2D eigenvalue weighted by Crippen LogP contribution is -2.22. The number of rotatable bonds is 5. The number of hydrogen-bond donors (Lipinski definition) is 2. The summed E-state index contributed by atoms with van der Waals surface area (Å²) in [5, 5.41) is 0.571. The molecule has 0 aromatic heterocycles. The number of halogens is 1. The van der Waals surface area contributed by atoms with E-state index in [4.69, 9.17) is 27.8 Å². The van der Waals surface area contributed by atoms with Gasteiger partial charge < -0.3 is 16.2 Å². The largest absolute Gasteiger partial charge is 0.492 e. The molecule has 0 saturated carbocycles. The first-order valence-electron chi connectivity index (χ1n) is 4.80. The van der Waals surface area contributed by atoms with Crippen LogP contribution in [-0.2, 0) is 6.54 Å². The van der Waals surface area contributed by atoms with E-state index in [2.05, 4.69) is 14.2 Å². The van der Waals surface area contributed by atoms with E-state index in [1.54, 1.807) is 6.07 Å². The van der Waals surface area contributed by atoms with Gasteiger partial charge in [0.15, 0.2) is 5.96 Å². The summed E-state index contributed by atoms with van der Waals surface area (Å²) in [6, 6.07) is 5.50. The summed E-state index contributed by atoms with van der Waals surface area (Å²) in [6.45, 7) is 1.05. The Morgan fingerprint density at radius 1 is 1.44 bits per heavy atom. The van der Waals surface area contributed by atoms with E-state index in [0.29, 0.717) is 23.9 Å². The van der Waals surface area contributed by atoms with Gasteiger partial charge in [-0.3, -0.25) is 0 Å². The molecule has 0 heterocycles. The van der Waals surface area contributed by atoms with Crippen LogP contribution in [0.4, 0.5) is 0 Å². The average Bonchev–Trinajstić information content (AvgIpc) is 2.25. The Morgan fingerprint density at radius 3 is 2.75 bits per heavy atom. The first-order valence-corrected chi connectivity index (χ1v) is 5.99. The van der Waals surface area contributed by atoms with Gasteiger partial charge >= 0.3 is 0 Å². The number of benzene rings is 1. The van der Waals surface area contributed by atoms with Crippen molar-refractivity contribution in [2.24, 2.45) is 16.5 Å². The smallest absolute Gasteiger partial charge is 0.186 e. The van der Waals surface area contributed by atoms with E-state index in [9.17, 15) is 0 Å². The lowest BCUT2D eigenvalue weighted by molar-refractivity contribution is 0.344. The Bertz CT molecular complexity index is 380. The minimum atomic E-state index is 0.0689. The molecule has 4 N–H and O–H groups in total. The van der Waals surface area contributed by atoms with E-state index in [-0.39, 0.29) is 5.96 Å². The topological polar surface area (TPSA) is 73.6 Å². The summed E-state index contributed by atoms with van der Waals surface area (Å²) in [5.41, 5.74) is 11.4. The third-order valence-electron chi connectivity index (χ3n) is 1.82. The van der Waals surface area contributed by atoms with Crippen LogP contribution in [0.5, 0.6) is 5.75 Å². The third-order valence-corrected chi connectivity index (χ3v) is 2.35. The second-order valence-corrected chi connectivity index (χ2v) is 4.13. The van der Waals surface area contributed by atoms with Gasteiger partial charge in [0.2, 0.25) is 0 Å². The van der Waals surface area contributed by atoms with Crippen LogP contribution in [0.25, 0.3) is 0 Å². The monoisotopic (exact) mass is 259 g/mol. The highest BCUT2D eigenvalue weighted by molar-refractivity contribution is 7.16. The van der Waals surface area contributed by atoms with Gasteiger partial charge in [0, 0.05) is 0 Å². The molecule has 0 radical (unpaired) electrons. The maximum atomic E-state index is 6.04. The maximum absolute atomic E-state index is 6.04. The van der Waals surface area contributed by atoms with Crippen LogP contribution in [-0.4, -0.2) is 18.7 Å². The maximum Gasteiger partial charge on any atom is 0.186 e. The molecule has 16 heavy (non-hydrogen) atoms. The van der Waals surface area contributed by atoms with Gasteiger partial charge in [-0.05, 0) is 23.9 Å². The fourth-order valence-electron chi connectivity index (χ4n) is 1.11. The van der Waals surface area contributed by atoms with Crippen LogP contribution in [0.2, 0.25) is 5.02 Å². The average molecular weight is 260 g/mol. The third kappa shape index (κ3) is 4.25. The molecule has 0 aliphatic carbocycles. The molecule has 0 bridgehead atoms. The molecular formula is C10H15ClN3OP. The van der Waals surface area contributed by atoms with Gasteiger partial charge in [-0.15, -0.1) is 9.24 Å². The second kappa shape index (κ2) is 6.56. The van der Waals surface area contributed by atoms with Crippen LogP contribution in [0.1, 0.15) is 5.56 Å². The number of nitrogens with zero attached hydrogens (tertiary/aromatic N) is 1. The fourth-order valence-corrected chi connectivity index (χ4v) is 1.49. The normalized spacial score (nSPS) is 9.88. The first kappa shape index (κ1) is 13.1. The highest BCUT2D eigenvalue weighted by Gasteiger charge is 2.02. The standard InChI is InChI=1S/C10H15ClN3OP/c11-8-5-7(6-14-10(12)13)1-2-9(8)15-3-4-16/h1-2,5H,3-4,6,16H2,(H4,12,13,14). The highest BCUT2D eigenvalue weighted by atomic mass is 35.5. The van der Waals surface area contributed by atoms with E-state index in [0.717, 1.165) is 11.7 Å². The Labute approximate surface area is 102 Å². The van der Waals surface area contributed by atoms with Gasteiger partial charge in [0.25, 0.3) is 0 Å². The predicted molar refractivity (Wildman–Crippen MR) is 71.0 cm³/mol. The SMILES string of the molecule is NC(N)=NCc1ccc(OCCP)c(Cl)c1. The zero-order valence-corrected chi connectivity index (χ0v) is 10.7. The Balaban J connectivity index is 2.70. The summed E-state index contributed by atoms with van der Waals surface area (Å²) in [6.07, 6.45) is 0.867. The number of nitrogens with two attached hydrogens (primary N) is 2. The van der Waals surface area contributed by atoms with Crippen LogP contribution >= 0.6 is 20.8 Å². The Kier molecular flexibility index (Phi) is 5.36. The number of aliphatic imine (C=N–C) groups is 1. The molecule has 0 saturated heterocycles. The Hall–Kier alpha value is -0.990. The van der Waals surface area contributed by atoms with E-state index >= 15 is 0 Å². The summed E-state index contributed by atoms with van der Waals surface area (Å²) >= 11 is 6.04. The number of hydrogen-bond acceptors (Lipinski definition) is 2. The molecule has 88 valence electrons. The summed E-state index contributed by atoms with van der Waals surface area (Å²) in [7, 11) is 2.59. The molecule has 1 atom stereocenters. The van der Waals surface area contributed by atoms with Gasteiger partial charge in [-0.2, -0.15) is 0 Å². The zero-order chi connectivity index (χ0) is 12.0. The molecule has 0 aliphatic rings. The molecular weight excluding hydrogens is 245 g/mol. The summed E-state index contributed by atoms with van der Waals surface area (Å²) in [5.74, 6) is 0.747. The predicted octanol–water partition coefficient (Wildman–Crippen LogP) is 1.37. The summed E-state index contributed by atoms with van der Waals surface area (Å²) < 4.78 is 5.43. The molecule has 0 fully saturated rings. The minimum Gasteiger partial charge on any atom is -0.492 e. The minimum absolute atomic E-state index is 0.0689. The van der Waals surface area contributed by atoms with Crippen molar-refractivity contribution in [2.75, 3.05) is 12.8 Å². The zero-order valence-electron chi connectivity index (χ0n) is 8.82. The van der Waals surface area contributed by atoms with Gasteiger partial charge in [0.1, 0.15) is 5.75 Å². The molecule has 0 amide bonds. The molecule has 1 aromatic rings. The van der Waals surface area contributed by atoms with Crippen molar-refractivity contribution >= 4 is 26.8 Å². The van der Waals surface area contributed by atoms with Gasteiger partial charge in [0.05, 0.1) is 18.2 Å². The van der Waals surface area contributed by atoms with Crippen molar-refractivity contribution in [2.45, 2.75) is 6.54 Å². The number of guanidine groups is 1. The number of ether oxygens (including phenoxy) is 1. The first-order chi connectivity index (χ1) is 7.63. The van der Waals surface area contributed by atoms with Crippen molar-refractivity contribution < 1.29 is 4.74 Å². The van der Waals surface area contributed by atoms with Crippen LogP contribution in [0.3, 0.4) is 0 Å². The van der Waals surface area contributed by atoms with Crippen molar-refractivity contribution in [3.05, 3.63) is 28.8 Å².